The third kappa shape index (κ3) is 3.71. The van der Waals surface area contributed by atoms with E-state index in [9.17, 15) is 0 Å². The number of aromatic nitrogens is 2. The Hall–Kier alpha value is -1.66. The molecule has 5 nitrogen and oxygen atoms in total. The molecule has 0 fully saturated rings. The summed E-state index contributed by atoms with van der Waals surface area (Å²) in [5, 5.41) is 3.36. The van der Waals surface area contributed by atoms with Crippen molar-refractivity contribution in [3.63, 3.8) is 0 Å². The molecule has 0 saturated carbocycles. The highest BCUT2D eigenvalue weighted by Gasteiger charge is 2.11. The molecule has 2 aromatic rings. The highest BCUT2D eigenvalue weighted by Crippen LogP contribution is 2.29. The zero-order chi connectivity index (χ0) is 15.4. The summed E-state index contributed by atoms with van der Waals surface area (Å²) in [5.74, 6) is 7.76. The number of anilines is 3. The molecule has 0 spiro atoms. The van der Waals surface area contributed by atoms with Gasteiger partial charge in [0.2, 0.25) is 0 Å². The van der Waals surface area contributed by atoms with Gasteiger partial charge in [0.15, 0.2) is 0 Å². The largest absolute Gasteiger partial charge is 0.339 e. The zero-order valence-electron chi connectivity index (χ0n) is 12.5. The van der Waals surface area contributed by atoms with Crippen molar-refractivity contribution in [2.45, 2.75) is 33.6 Å². The van der Waals surface area contributed by atoms with Crippen molar-refractivity contribution in [1.29, 1.82) is 0 Å². The Kier molecular flexibility index (Phi) is 5.14. The molecular formula is C15H20BrN5. The van der Waals surface area contributed by atoms with E-state index >= 15 is 0 Å². The van der Waals surface area contributed by atoms with Gasteiger partial charge in [-0.25, -0.2) is 15.8 Å². The molecule has 112 valence electrons. The first-order valence-electron chi connectivity index (χ1n) is 6.92. The summed E-state index contributed by atoms with van der Waals surface area (Å²) in [6.07, 6.45) is 1.80. The van der Waals surface area contributed by atoms with Crippen LogP contribution in [-0.2, 0) is 6.42 Å². The zero-order valence-corrected chi connectivity index (χ0v) is 14.1. The van der Waals surface area contributed by atoms with Crippen LogP contribution in [0.15, 0.2) is 22.7 Å². The summed E-state index contributed by atoms with van der Waals surface area (Å²) >= 11 is 3.55. The minimum atomic E-state index is 0.653. The number of nitrogen functional groups attached to an aromatic ring is 1. The first-order chi connectivity index (χ1) is 10.0. The van der Waals surface area contributed by atoms with E-state index in [2.05, 4.69) is 62.6 Å². The van der Waals surface area contributed by atoms with Crippen molar-refractivity contribution in [3.05, 3.63) is 39.6 Å². The number of hydrogen-bond donors (Lipinski definition) is 3. The first kappa shape index (κ1) is 15.7. The van der Waals surface area contributed by atoms with Gasteiger partial charge in [0.05, 0.1) is 5.69 Å². The van der Waals surface area contributed by atoms with E-state index in [1.54, 1.807) is 0 Å². The van der Waals surface area contributed by atoms with E-state index in [1.165, 1.54) is 5.56 Å². The molecule has 0 aliphatic carbocycles. The van der Waals surface area contributed by atoms with Crippen LogP contribution in [0.3, 0.4) is 0 Å². The highest BCUT2D eigenvalue weighted by atomic mass is 79.9. The van der Waals surface area contributed by atoms with E-state index in [4.69, 9.17) is 5.84 Å². The molecule has 0 unspecified atom stereocenters. The van der Waals surface area contributed by atoms with Crippen LogP contribution in [0.25, 0.3) is 0 Å². The molecule has 0 aliphatic heterocycles. The van der Waals surface area contributed by atoms with Gasteiger partial charge in [-0.05, 0) is 53.9 Å². The number of halogens is 1. The van der Waals surface area contributed by atoms with E-state index in [0.717, 1.165) is 40.2 Å². The minimum Gasteiger partial charge on any atom is -0.339 e. The van der Waals surface area contributed by atoms with Gasteiger partial charge in [-0.1, -0.05) is 13.0 Å². The molecule has 21 heavy (non-hydrogen) atoms. The van der Waals surface area contributed by atoms with E-state index < -0.39 is 0 Å². The quantitative estimate of drug-likeness (QED) is 0.564. The Bertz CT molecular complexity index is 642. The Balaban J connectivity index is 2.42. The van der Waals surface area contributed by atoms with Crippen LogP contribution in [-0.4, -0.2) is 9.97 Å². The Morgan fingerprint density at radius 3 is 2.57 bits per heavy atom. The standard InChI is InChI=1S/C15H20BrN5/c1-4-5-13-19-14(10(3)15(20-13)21-17)18-12-8-9(2)6-7-11(12)16/h6-8H,4-5,17H2,1-3H3,(H2,18,19,20,21). The maximum atomic E-state index is 5.55. The third-order valence-electron chi connectivity index (χ3n) is 3.18. The maximum Gasteiger partial charge on any atom is 0.148 e. The first-order valence-corrected chi connectivity index (χ1v) is 7.71. The van der Waals surface area contributed by atoms with Crippen molar-refractivity contribution in [2.24, 2.45) is 5.84 Å². The van der Waals surface area contributed by atoms with Gasteiger partial charge in [0.25, 0.3) is 0 Å². The SMILES string of the molecule is CCCc1nc(NN)c(C)c(Nc2cc(C)ccc2Br)n1. The molecule has 0 atom stereocenters. The fourth-order valence-corrected chi connectivity index (χ4v) is 2.37. The predicted octanol–water partition coefficient (Wildman–Crippen LogP) is 3.84. The van der Waals surface area contributed by atoms with Crippen LogP contribution in [0.4, 0.5) is 17.3 Å². The molecule has 0 radical (unpaired) electrons. The molecule has 0 saturated heterocycles. The van der Waals surface area contributed by atoms with Gasteiger partial charge in [-0.15, -0.1) is 0 Å². The van der Waals surface area contributed by atoms with Gasteiger partial charge < -0.3 is 10.7 Å². The van der Waals surface area contributed by atoms with Crippen LogP contribution in [0.1, 0.15) is 30.3 Å². The second-order valence-electron chi connectivity index (χ2n) is 4.96. The Morgan fingerprint density at radius 2 is 1.90 bits per heavy atom. The third-order valence-corrected chi connectivity index (χ3v) is 3.87. The van der Waals surface area contributed by atoms with Gasteiger partial charge in [0.1, 0.15) is 17.5 Å². The summed E-state index contributed by atoms with van der Waals surface area (Å²) in [7, 11) is 0. The molecule has 1 aromatic carbocycles. The van der Waals surface area contributed by atoms with Crippen LogP contribution in [0.5, 0.6) is 0 Å². The molecule has 0 bridgehead atoms. The normalized spacial score (nSPS) is 10.5. The predicted molar refractivity (Wildman–Crippen MR) is 90.7 cm³/mol. The van der Waals surface area contributed by atoms with Crippen LogP contribution in [0, 0.1) is 13.8 Å². The molecule has 4 N–H and O–H groups in total. The lowest BCUT2D eigenvalue weighted by molar-refractivity contribution is 0.833. The van der Waals surface area contributed by atoms with Gasteiger partial charge >= 0.3 is 0 Å². The second-order valence-corrected chi connectivity index (χ2v) is 5.82. The molecular weight excluding hydrogens is 330 g/mol. The van der Waals surface area contributed by atoms with Gasteiger partial charge in [-0.3, -0.25) is 0 Å². The maximum absolute atomic E-state index is 5.55. The number of aryl methyl sites for hydroxylation is 2. The fraction of sp³-hybridized carbons (Fsp3) is 0.333. The summed E-state index contributed by atoms with van der Waals surface area (Å²) in [6.45, 7) is 6.10. The number of hydrazine groups is 1. The molecule has 2 rings (SSSR count). The number of hydrogen-bond acceptors (Lipinski definition) is 5. The minimum absolute atomic E-state index is 0.653. The van der Waals surface area contributed by atoms with E-state index in [-0.39, 0.29) is 0 Å². The monoisotopic (exact) mass is 349 g/mol. The van der Waals surface area contributed by atoms with Crippen LogP contribution in [0.2, 0.25) is 0 Å². The van der Waals surface area contributed by atoms with Crippen molar-refractivity contribution in [3.8, 4) is 0 Å². The van der Waals surface area contributed by atoms with Crippen molar-refractivity contribution >= 4 is 33.3 Å². The average molecular weight is 350 g/mol. The number of benzene rings is 1. The Labute approximate surface area is 133 Å². The highest BCUT2D eigenvalue weighted by molar-refractivity contribution is 9.10. The molecule has 1 aromatic heterocycles. The summed E-state index contributed by atoms with van der Waals surface area (Å²) in [5.41, 5.74) is 5.69. The lowest BCUT2D eigenvalue weighted by Gasteiger charge is -2.14. The van der Waals surface area contributed by atoms with Crippen molar-refractivity contribution < 1.29 is 0 Å². The van der Waals surface area contributed by atoms with Gasteiger partial charge in [-0.2, -0.15) is 0 Å². The number of nitrogens with two attached hydrogens (primary N) is 1. The summed E-state index contributed by atoms with van der Waals surface area (Å²) < 4.78 is 0.991. The lowest BCUT2D eigenvalue weighted by Crippen LogP contribution is -2.14. The van der Waals surface area contributed by atoms with Crippen LogP contribution >= 0.6 is 15.9 Å². The Morgan fingerprint density at radius 1 is 1.19 bits per heavy atom. The average Bonchev–Trinajstić information content (AvgIpc) is 2.46. The molecule has 1 heterocycles. The number of nitrogens with one attached hydrogen (secondary N) is 2. The topological polar surface area (TPSA) is 75.9 Å². The smallest absolute Gasteiger partial charge is 0.148 e. The van der Waals surface area contributed by atoms with Crippen molar-refractivity contribution in [1.82, 2.24) is 9.97 Å². The molecule has 6 heteroatoms. The molecule has 0 aliphatic rings. The summed E-state index contributed by atoms with van der Waals surface area (Å²) in [6, 6.07) is 6.14. The number of nitrogens with zero attached hydrogens (tertiary/aromatic N) is 2. The van der Waals surface area contributed by atoms with Crippen LogP contribution < -0.4 is 16.6 Å². The summed E-state index contributed by atoms with van der Waals surface area (Å²) in [4.78, 5) is 9.02. The molecule has 0 amide bonds. The van der Waals surface area contributed by atoms with E-state index in [0.29, 0.717) is 5.82 Å². The van der Waals surface area contributed by atoms with Gasteiger partial charge in [0, 0.05) is 16.5 Å². The lowest BCUT2D eigenvalue weighted by atomic mass is 10.2. The fourth-order valence-electron chi connectivity index (χ4n) is 2.02. The van der Waals surface area contributed by atoms with Crippen molar-refractivity contribution in [2.75, 3.05) is 10.7 Å². The number of rotatable bonds is 5. The van der Waals surface area contributed by atoms with E-state index in [1.807, 2.05) is 13.0 Å². The second kappa shape index (κ2) is 6.87.